The molecule has 1 aliphatic heterocycles. The van der Waals surface area contributed by atoms with Gasteiger partial charge in [-0.2, -0.15) is 0 Å². The van der Waals surface area contributed by atoms with Crippen molar-refractivity contribution in [2.45, 2.75) is 30.0 Å². The molecule has 0 aliphatic carbocycles. The smallest absolute Gasteiger partial charge is 0.261 e. The number of carbonyl (C=O) groups excluding carboxylic acids is 3. The molecule has 10 heteroatoms. The molecule has 2 aromatic carbocycles. The first-order valence-corrected chi connectivity index (χ1v) is 12.6. The topological polar surface area (TPSA) is 104 Å². The van der Waals surface area contributed by atoms with Gasteiger partial charge in [-0.1, -0.05) is 36.7 Å². The molecule has 3 amide bonds. The van der Waals surface area contributed by atoms with Crippen molar-refractivity contribution in [1.29, 1.82) is 0 Å². The Morgan fingerprint density at radius 2 is 1.52 bits per heavy atom. The molecule has 1 saturated heterocycles. The third-order valence-electron chi connectivity index (χ3n) is 5.38. The monoisotopic (exact) mass is 491 g/mol. The molecule has 8 nitrogen and oxygen atoms in total. The van der Waals surface area contributed by atoms with E-state index in [4.69, 9.17) is 11.6 Å². The van der Waals surface area contributed by atoms with E-state index in [2.05, 4.69) is 5.32 Å². The molecule has 176 valence electrons. The number of benzene rings is 2. The molecule has 1 unspecified atom stereocenters. The van der Waals surface area contributed by atoms with Crippen molar-refractivity contribution in [3.8, 4) is 0 Å². The maximum Gasteiger partial charge on any atom is 0.261 e. The lowest BCUT2D eigenvalue weighted by Crippen LogP contribution is -2.57. The summed E-state index contributed by atoms with van der Waals surface area (Å²) in [6, 6.07) is 13.4. The Balaban J connectivity index is 1.84. The van der Waals surface area contributed by atoms with Crippen LogP contribution in [0.2, 0.25) is 5.02 Å². The molecule has 0 saturated carbocycles. The summed E-state index contributed by atoms with van der Waals surface area (Å²) in [6.07, 6.45) is 1.15. The molecular formula is C23H26ClN3O5S. The fourth-order valence-corrected chi connectivity index (χ4v) is 5.15. The van der Waals surface area contributed by atoms with Crippen LogP contribution in [-0.4, -0.2) is 67.5 Å². The first kappa shape index (κ1) is 24.7. The highest BCUT2D eigenvalue weighted by atomic mass is 35.5. The lowest BCUT2D eigenvalue weighted by atomic mass is 10.2. The number of sulfone groups is 1. The second kappa shape index (κ2) is 10.8. The quantitative estimate of drug-likeness (QED) is 0.640. The van der Waals surface area contributed by atoms with Gasteiger partial charge in [-0.3, -0.25) is 14.4 Å². The second-order valence-corrected chi connectivity index (χ2v) is 10.1. The van der Waals surface area contributed by atoms with E-state index in [0.717, 1.165) is 6.42 Å². The Bertz CT molecular complexity index is 1100. The van der Waals surface area contributed by atoms with Crippen molar-refractivity contribution >= 4 is 39.2 Å². The number of halogens is 1. The summed E-state index contributed by atoms with van der Waals surface area (Å²) in [7, 11) is -4.23. The van der Waals surface area contributed by atoms with E-state index in [1.165, 1.54) is 41.3 Å². The van der Waals surface area contributed by atoms with Crippen molar-refractivity contribution < 1.29 is 22.8 Å². The summed E-state index contributed by atoms with van der Waals surface area (Å²) in [5.74, 6) is -1.43. The van der Waals surface area contributed by atoms with Gasteiger partial charge in [0, 0.05) is 43.2 Å². The Hall–Kier alpha value is -2.91. The average molecular weight is 492 g/mol. The minimum absolute atomic E-state index is 0.00842. The SMILES string of the molecule is CCCC(=O)N1CCN(C(=O)C(NC(=O)c2ccc(Cl)cc2)S(=O)(=O)c2ccccc2)CC1. The molecule has 1 atom stereocenters. The predicted octanol–water partition coefficient (Wildman–Crippen LogP) is 2.34. The van der Waals surface area contributed by atoms with Crippen LogP contribution in [0, 0.1) is 0 Å². The van der Waals surface area contributed by atoms with Crippen molar-refractivity contribution in [3.05, 3.63) is 65.2 Å². The number of hydrogen-bond donors (Lipinski definition) is 1. The van der Waals surface area contributed by atoms with Crippen LogP contribution in [0.4, 0.5) is 0 Å². The van der Waals surface area contributed by atoms with Crippen molar-refractivity contribution in [3.63, 3.8) is 0 Å². The van der Waals surface area contributed by atoms with E-state index in [0.29, 0.717) is 24.5 Å². The Morgan fingerprint density at radius 1 is 0.939 bits per heavy atom. The summed E-state index contributed by atoms with van der Waals surface area (Å²) in [4.78, 5) is 41.3. The van der Waals surface area contributed by atoms with E-state index in [1.54, 1.807) is 23.1 Å². The lowest BCUT2D eigenvalue weighted by Gasteiger charge is -2.36. The first-order chi connectivity index (χ1) is 15.7. The summed E-state index contributed by atoms with van der Waals surface area (Å²) in [5.41, 5.74) is 0.176. The second-order valence-electron chi connectivity index (χ2n) is 7.67. The highest BCUT2D eigenvalue weighted by Gasteiger charge is 2.39. The molecular weight excluding hydrogens is 466 g/mol. The molecule has 33 heavy (non-hydrogen) atoms. The van der Waals surface area contributed by atoms with E-state index in [1.807, 2.05) is 6.92 Å². The molecule has 1 fully saturated rings. The fourth-order valence-electron chi connectivity index (χ4n) is 3.54. The van der Waals surface area contributed by atoms with Crippen LogP contribution < -0.4 is 5.32 Å². The Kier molecular flexibility index (Phi) is 8.10. The van der Waals surface area contributed by atoms with Gasteiger partial charge in [0.15, 0.2) is 0 Å². The maximum atomic E-state index is 13.3. The molecule has 2 aromatic rings. The fraction of sp³-hybridized carbons (Fsp3) is 0.348. The van der Waals surface area contributed by atoms with Crippen molar-refractivity contribution in [2.75, 3.05) is 26.2 Å². The molecule has 1 N–H and O–H groups in total. The van der Waals surface area contributed by atoms with Crippen LogP contribution >= 0.6 is 11.6 Å². The van der Waals surface area contributed by atoms with Crippen LogP contribution in [0.1, 0.15) is 30.1 Å². The average Bonchev–Trinajstić information content (AvgIpc) is 2.83. The van der Waals surface area contributed by atoms with Crippen LogP contribution in [0.3, 0.4) is 0 Å². The summed E-state index contributed by atoms with van der Waals surface area (Å²) < 4.78 is 26.7. The molecule has 0 spiro atoms. The van der Waals surface area contributed by atoms with Crippen LogP contribution in [0.5, 0.6) is 0 Å². The number of piperazine rings is 1. The predicted molar refractivity (Wildman–Crippen MR) is 124 cm³/mol. The van der Waals surface area contributed by atoms with Gasteiger partial charge >= 0.3 is 0 Å². The van der Waals surface area contributed by atoms with Gasteiger partial charge in [-0.15, -0.1) is 0 Å². The largest absolute Gasteiger partial charge is 0.339 e. The van der Waals surface area contributed by atoms with Crippen LogP contribution in [-0.2, 0) is 19.4 Å². The molecule has 1 heterocycles. The van der Waals surface area contributed by atoms with Gasteiger partial charge in [0.1, 0.15) is 0 Å². The third-order valence-corrected chi connectivity index (χ3v) is 7.50. The van der Waals surface area contributed by atoms with Gasteiger partial charge < -0.3 is 15.1 Å². The van der Waals surface area contributed by atoms with E-state index >= 15 is 0 Å². The number of rotatable bonds is 7. The maximum absolute atomic E-state index is 13.3. The number of hydrogen-bond acceptors (Lipinski definition) is 5. The highest BCUT2D eigenvalue weighted by molar-refractivity contribution is 7.92. The Morgan fingerprint density at radius 3 is 2.09 bits per heavy atom. The number of amides is 3. The van der Waals surface area contributed by atoms with E-state index < -0.39 is 27.0 Å². The van der Waals surface area contributed by atoms with Gasteiger partial charge in [0.05, 0.1) is 4.90 Å². The summed E-state index contributed by atoms with van der Waals surface area (Å²) in [5, 5.41) is 1.02. The van der Waals surface area contributed by atoms with Crippen molar-refractivity contribution in [1.82, 2.24) is 15.1 Å². The minimum Gasteiger partial charge on any atom is -0.339 e. The standard InChI is InChI=1S/C23H26ClN3O5S/c1-2-6-20(28)26-13-15-27(16-14-26)23(30)22(33(31,32)19-7-4-3-5-8-19)25-21(29)17-9-11-18(24)12-10-17/h3-5,7-12,22H,2,6,13-16H2,1H3,(H,25,29). The molecule has 0 radical (unpaired) electrons. The first-order valence-electron chi connectivity index (χ1n) is 10.7. The van der Waals surface area contributed by atoms with Gasteiger partial charge in [0.2, 0.25) is 21.1 Å². The van der Waals surface area contributed by atoms with Crippen LogP contribution in [0.15, 0.2) is 59.5 Å². The third kappa shape index (κ3) is 5.91. The Labute approximate surface area is 198 Å². The number of carbonyl (C=O) groups is 3. The normalized spacial score (nSPS) is 15.1. The van der Waals surface area contributed by atoms with E-state index in [9.17, 15) is 22.8 Å². The summed E-state index contributed by atoms with van der Waals surface area (Å²) in [6.45, 7) is 2.92. The zero-order valence-corrected chi connectivity index (χ0v) is 19.8. The minimum atomic E-state index is -4.23. The van der Waals surface area contributed by atoms with Crippen LogP contribution in [0.25, 0.3) is 0 Å². The molecule has 3 rings (SSSR count). The number of nitrogens with one attached hydrogen (secondary N) is 1. The zero-order chi connectivity index (χ0) is 24.0. The molecule has 0 bridgehead atoms. The van der Waals surface area contributed by atoms with Gasteiger partial charge in [-0.05, 0) is 42.8 Å². The zero-order valence-electron chi connectivity index (χ0n) is 18.2. The molecule has 1 aliphatic rings. The lowest BCUT2D eigenvalue weighted by molar-refractivity contribution is -0.139. The number of nitrogens with zero attached hydrogens (tertiary/aromatic N) is 2. The molecule has 0 aromatic heterocycles. The highest BCUT2D eigenvalue weighted by Crippen LogP contribution is 2.19. The summed E-state index contributed by atoms with van der Waals surface area (Å²) >= 11 is 5.86. The van der Waals surface area contributed by atoms with Gasteiger partial charge in [0.25, 0.3) is 11.8 Å². The van der Waals surface area contributed by atoms with Gasteiger partial charge in [-0.25, -0.2) is 8.42 Å². The van der Waals surface area contributed by atoms with E-state index in [-0.39, 0.29) is 29.5 Å². The van der Waals surface area contributed by atoms with Crippen molar-refractivity contribution in [2.24, 2.45) is 0 Å².